The van der Waals surface area contributed by atoms with Gasteiger partial charge in [0.15, 0.2) is 5.65 Å². The first-order valence-electron chi connectivity index (χ1n) is 12.8. The van der Waals surface area contributed by atoms with Gasteiger partial charge in [-0.2, -0.15) is 15.1 Å². The van der Waals surface area contributed by atoms with Crippen molar-refractivity contribution in [3.8, 4) is 5.75 Å². The van der Waals surface area contributed by atoms with Crippen molar-refractivity contribution in [3.63, 3.8) is 0 Å². The van der Waals surface area contributed by atoms with Gasteiger partial charge < -0.3 is 15.0 Å². The van der Waals surface area contributed by atoms with Crippen molar-refractivity contribution in [1.29, 1.82) is 0 Å². The molecule has 38 heavy (non-hydrogen) atoms. The van der Waals surface area contributed by atoms with E-state index in [9.17, 15) is 4.39 Å². The molecule has 0 fully saturated rings. The topological polar surface area (TPSA) is 68.1 Å². The summed E-state index contributed by atoms with van der Waals surface area (Å²) in [6, 6.07) is 25.1. The van der Waals surface area contributed by atoms with E-state index in [1.54, 1.807) is 7.11 Å². The number of methoxy groups -OCH3 is 1. The SMILES string of the molecule is COc1ccc(CN2CCc3nn(Cc4ccccc4)c4nc(NCCc5ccc(F)cc5)nc2c34)cc1. The maximum atomic E-state index is 13.3. The van der Waals surface area contributed by atoms with Crippen LogP contribution in [0.1, 0.15) is 22.4 Å². The molecule has 8 heteroatoms. The zero-order valence-corrected chi connectivity index (χ0v) is 21.3. The largest absolute Gasteiger partial charge is 0.497 e. The summed E-state index contributed by atoms with van der Waals surface area (Å²) in [7, 11) is 1.68. The van der Waals surface area contributed by atoms with Gasteiger partial charge in [-0.05, 0) is 47.4 Å². The maximum Gasteiger partial charge on any atom is 0.226 e. The number of hydrogen-bond donors (Lipinski definition) is 1. The van der Waals surface area contributed by atoms with Gasteiger partial charge in [-0.15, -0.1) is 0 Å². The van der Waals surface area contributed by atoms with Gasteiger partial charge in [0, 0.05) is 26.1 Å². The van der Waals surface area contributed by atoms with Gasteiger partial charge in [0.2, 0.25) is 5.95 Å². The first-order valence-corrected chi connectivity index (χ1v) is 12.8. The number of anilines is 2. The molecule has 0 aliphatic carbocycles. The van der Waals surface area contributed by atoms with Crippen molar-refractivity contribution in [2.75, 3.05) is 30.4 Å². The second kappa shape index (κ2) is 10.5. The van der Waals surface area contributed by atoms with E-state index >= 15 is 0 Å². The molecule has 0 spiro atoms. The second-order valence-corrected chi connectivity index (χ2v) is 9.48. The molecule has 0 saturated carbocycles. The van der Waals surface area contributed by atoms with E-state index in [1.165, 1.54) is 23.3 Å². The lowest BCUT2D eigenvalue weighted by molar-refractivity contribution is 0.414. The first-order chi connectivity index (χ1) is 18.7. The highest BCUT2D eigenvalue weighted by atomic mass is 19.1. The normalized spacial score (nSPS) is 12.6. The smallest absolute Gasteiger partial charge is 0.226 e. The van der Waals surface area contributed by atoms with Crippen molar-refractivity contribution in [2.24, 2.45) is 0 Å². The number of nitrogens with one attached hydrogen (secondary N) is 1. The van der Waals surface area contributed by atoms with E-state index in [4.69, 9.17) is 19.8 Å². The molecule has 192 valence electrons. The number of hydrogen-bond acceptors (Lipinski definition) is 6. The van der Waals surface area contributed by atoms with Gasteiger partial charge >= 0.3 is 0 Å². The van der Waals surface area contributed by atoms with Crippen LogP contribution in [0, 0.1) is 5.82 Å². The monoisotopic (exact) mass is 508 g/mol. The number of nitrogens with zero attached hydrogens (tertiary/aromatic N) is 5. The Balaban J connectivity index is 1.33. The van der Waals surface area contributed by atoms with Crippen molar-refractivity contribution >= 4 is 22.8 Å². The van der Waals surface area contributed by atoms with Crippen LogP contribution in [0.4, 0.5) is 16.2 Å². The highest BCUT2D eigenvalue weighted by molar-refractivity contribution is 5.92. The molecule has 0 bridgehead atoms. The molecule has 5 aromatic rings. The Morgan fingerprint density at radius 3 is 2.37 bits per heavy atom. The average molecular weight is 509 g/mol. The predicted molar refractivity (Wildman–Crippen MR) is 147 cm³/mol. The van der Waals surface area contributed by atoms with Gasteiger partial charge in [0.25, 0.3) is 0 Å². The summed E-state index contributed by atoms with van der Waals surface area (Å²) in [5.74, 6) is 2.08. The summed E-state index contributed by atoms with van der Waals surface area (Å²) in [4.78, 5) is 12.2. The number of benzene rings is 3. The van der Waals surface area contributed by atoms with Crippen LogP contribution in [0.15, 0.2) is 78.9 Å². The molecule has 2 aromatic heterocycles. The molecule has 0 amide bonds. The molecule has 1 N–H and O–H groups in total. The zero-order chi connectivity index (χ0) is 25.9. The van der Waals surface area contributed by atoms with Gasteiger partial charge in [-0.3, -0.25) is 0 Å². The number of halogens is 1. The minimum absolute atomic E-state index is 0.228. The highest BCUT2D eigenvalue weighted by Crippen LogP contribution is 2.34. The molecule has 0 saturated heterocycles. The van der Waals surface area contributed by atoms with Crippen LogP contribution in [-0.2, 0) is 25.9 Å². The molecule has 6 rings (SSSR count). The Labute approximate surface area is 220 Å². The van der Waals surface area contributed by atoms with E-state index in [0.717, 1.165) is 59.8 Å². The lowest BCUT2D eigenvalue weighted by Crippen LogP contribution is -2.29. The van der Waals surface area contributed by atoms with Gasteiger partial charge in [0.05, 0.1) is 24.7 Å². The fourth-order valence-corrected chi connectivity index (χ4v) is 4.90. The molecule has 0 unspecified atom stereocenters. The molecular weight excluding hydrogens is 479 g/mol. The molecular formula is C30H29FN6O. The third-order valence-corrected chi connectivity index (χ3v) is 6.88. The third kappa shape index (κ3) is 5.02. The summed E-state index contributed by atoms with van der Waals surface area (Å²) >= 11 is 0. The van der Waals surface area contributed by atoms with Crippen molar-refractivity contribution < 1.29 is 9.13 Å². The van der Waals surface area contributed by atoms with E-state index in [1.807, 2.05) is 47.1 Å². The van der Waals surface area contributed by atoms with E-state index in [2.05, 4.69) is 34.5 Å². The van der Waals surface area contributed by atoms with Crippen molar-refractivity contribution in [1.82, 2.24) is 19.7 Å². The number of aromatic nitrogens is 4. The Bertz CT molecular complexity index is 1530. The number of ether oxygens (including phenoxy) is 1. The lowest BCUT2D eigenvalue weighted by atomic mass is 10.1. The fourth-order valence-electron chi connectivity index (χ4n) is 4.90. The fraction of sp³-hybridized carbons (Fsp3) is 0.233. The Morgan fingerprint density at radius 2 is 1.61 bits per heavy atom. The van der Waals surface area contributed by atoms with Crippen LogP contribution in [0.5, 0.6) is 5.75 Å². The quantitative estimate of drug-likeness (QED) is 0.294. The van der Waals surface area contributed by atoms with Gasteiger partial charge in [-0.1, -0.05) is 54.6 Å². The summed E-state index contributed by atoms with van der Waals surface area (Å²) in [5.41, 5.74) is 5.28. The van der Waals surface area contributed by atoms with E-state index < -0.39 is 0 Å². The molecule has 7 nitrogen and oxygen atoms in total. The molecule has 3 heterocycles. The van der Waals surface area contributed by atoms with Crippen LogP contribution in [0.25, 0.3) is 11.0 Å². The van der Waals surface area contributed by atoms with Crippen molar-refractivity contribution in [2.45, 2.75) is 25.9 Å². The van der Waals surface area contributed by atoms with Crippen LogP contribution < -0.4 is 15.0 Å². The van der Waals surface area contributed by atoms with E-state index in [-0.39, 0.29) is 5.82 Å². The van der Waals surface area contributed by atoms with Crippen molar-refractivity contribution in [3.05, 3.63) is 107 Å². The Hall–Kier alpha value is -4.46. The summed E-state index contributed by atoms with van der Waals surface area (Å²) in [6.45, 7) is 2.83. The first kappa shape index (κ1) is 23.9. The zero-order valence-electron chi connectivity index (χ0n) is 21.3. The summed E-state index contributed by atoms with van der Waals surface area (Å²) in [5, 5.41) is 9.38. The van der Waals surface area contributed by atoms with E-state index in [0.29, 0.717) is 19.0 Å². The molecule has 0 radical (unpaired) electrons. The maximum absolute atomic E-state index is 13.3. The third-order valence-electron chi connectivity index (χ3n) is 6.88. The van der Waals surface area contributed by atoms with Crippen LogP contribution >= 0.6 is 0 Å². The number of rotatable bonds is 9. The lowest BCUT2D eigenvalue weighted by Gasteiger charge is -2.28. The molecule has 1 aliphatic heterocycles. The van der Waals surface area contributed by atoms with Crippen LogP contribution in [0.3, 0.4) is 0 Å². The van der Waals surface area contributed by atoms with Gasteiger partial charge in [-0.25, -0.2) is 9.07 Å². The molecule has 1 aliphatic rings. The Morgan fingerprint density at radius 1 is 0.868 bits per heavy atom. The van der Waals surface area contributed by atoms with Crippen LogP contribution in [0.2, 0.25) is 0 Å². The standard InChI is InChI=1S/C30H29FN6O/c1-38-25-13-9-23(10-14-25)19-36-18-16-26-27-28(36)33-30(32-17-15-21-7-11-24(31)12-8-21)34-29(27)37(35-26)20-22-5-3-2-4-6-22/h2-14H,15-20H2,1H3,(H,32,33,34). The minimum Gasteiger partial charge on any atom is -0.497 e. The average Bonchev–Trinajstić information content (AvgIpc) is 3.30. The summed E-state index contributed by atoms with van der Waals surface area (Å²) < 4.78 is 20.6. The second-order valence-electron chi connectivity index (χ2n) is 9.48. The highest BCUT2D eigenvalue weighted by Gasteiger charge is 2.27. The summed E-state index contributed by atoms with van der Waals surface area (Å²) in [6.07, 6.45) is 1.57. The molecule has 0 atom stereocenters. The predicted octanol–water partition coefficient (Wildman–Crippen LogP) is 5.24. The molecule has 3 aromatic carbocycles. The van der Waals surface area contributed by atoms with Gasteiger partial charge in [0.1, 0.15) is 17.4 Å². The minimum atomic E-state index is -0.228. The van der Waals surface area contributed by atoms with Crippen LogP contribution in [-0.4, -0.2) is 39.9 Å². The Kier molecular flexibility index (Phi) is 6.60.